The van der Waals surface area contributed by atoms with E-state index in [4.69, 9.17) is 15.0 Å². The summed E-state index contributed by atoms with van der Waals surface area (Å²) in [5.41, 5.74) is 10.2. The predicted molar refractivity (Wildman–Crippen MR) is 128 cm³/mol. The normalized spacial score (nSPS) is 14.8. The van der Waals surface area contributed by atoms with Crippen LogP contribution in [0.25, 0.3) is 10.9 Å². The van der Waals surface area contributed by atoms with Crippen molar-refractivity contribution in [2.75, 3.05) is 0 Å². The van der Waals surface area contributed by atoms with Crippen molar-refractivity contribution in [3.63, 3.8) is 0 Å². The summed E-state index contributed by atoms with van der Waals surface area (Å²) >= 11 is 0. The highest BCUT2D eigenvalue weighted by Crippen LogP contribution is 2.28. The Morgan fingerprint density at radius 1 is 0.900 bits per heavy atom. The number of rotatable bonds is 4. The number of allylic oxidation sites excluding steroid dienone is 2. The number of fused-ring (bicyclic) bond motifs is 1. The van der Waals surface area contributed by atoms with Gasteiger partial charge in [-0.25, -0.2) is 9.98 Å². The largest absolute Gasteiger partial charge is 0.254 e. The Bertz CT molecular complexity index is 1230. The van der Waals surface area contributed by atoms with Crippen molar-refractivity contribution in [2.45, 2.75) is 41.0 Å². The molecule has 0 atom stereocenters. The van der Waals surface area contributed by atoms with Gasteiger partial charge < -0.3 is 0 Å². The molecule has 1 aliphatic heterocycles. The van der Waals surface area contributed by atoms with E-state index >= 15 is 0 Å². The van der Waals surface area contributed by atoms with Gasteiger partial charge in [-0.2, -0.15) is 0 Å². The third-order valence-corrected chi connectivity index (χ3v) is 5.35. The van der Waals surface area contributed by atoms with Crippen molar-refractivity contribution in [2.24, 2.45) is 15.0 Å². The standard InChI is InChI=1S/C26H26N4/c1-16-14-17(2)25(18(3)15-16)29-20(5)23-12-11-22(30-23)19(4)28-24-10-6-8-21-9-7-13-27-26(21)24/h6-10,12-15H,11H2,1-5H3. The SMILES string of the molecule is CC(=Nc1c(C)cc(C)cc1C)C1=CCC(C(C)=Nc2cccc3cccnc23)=N1. The highest BCUT2D eigenvalue weighted by Gasteiger charge is 2.15. The molecule has 0 fully saturated rings. The van der Waals surface area contributed by atoms with Crippen molar-refractivity contribution in [1.29, 1.82) is 0 Å². The highest BCUT2D eigenvalue weighted by atomic mass is 14.9. The number of nitrogens with zero attached hydrogens (tertiary/aromatic N) is 4. The molecule has 0 saturated carbocycles. The summed E-state index contributed by atoms with van der Waals surface area (Å²) in [7, 11) is 0. The van der Waals surface area contributed by atoms with E-state index in [0.717, 1.165) is 51.5 Å². The van der Waals surface area contributed by atoms with E-state index in [9.17, 15) is 0 Å². The molecule has 0 N–H and O–H groups in total. The molecule has 4 nitrogen and oxygen atoms in total. The number of para-hydroxylation sites is 1. The topological polar surface area (TPSA) is 50.0 Å². The van der Waals surface area contributed by atoms with Crippen molar-refractivity contribution in [1.82, 2.24) is 4.98 Å². The fourth-order valence-electron chi connectivity index (χ4n) is 3.88. The number of hydrogen-bond donors (Lipinski definition) is 0. The molecule has 0 unspecified atom stereocenters. The molecule has 150 valence electrons. The minimum atomic E-state index is 0.765. The first-order chi connectivity index (χ1) is 14.4. The summed E-state index contributed by atoms with van der Waals surface area (Å²) in [5.74, 6) is 0. The summed E-state index contributed by atoms with van der Waals surface area (Å²) < 4.78 is 0. The molecule has 4 heteroatoms. The van der Waals surface area contributed by atoms with Crippen molar-refractivity contribution in [3.8, 4) is 0 Å². The molecule has 1 aliphatic rings. The van der Waals surface area contributed by atoms with Crippen LogP contribution in [-0.2, 0) is 0 Å². The minimum Gasteiger partial charge on any atom is -0.254 e. The van der Waals surface area contributed by atoms with Gasteiger partial charge in [0.15, 0.2) is 0 Å². The Morgan fingerprint density at radius 2 is 1.63 bits per heavy atom. The van der Waals surface area contributed by atoms with Gasteiger partial charge >= 0.3 is 0 Å². The average molecular weight is 395 g/mol. The molecule has 30 heavy (non-hydrogen) atoms. The second-order valence-electron chi connectivity index (χ2n) is 7.85. The lowest BCUT2D eigenvalue weighted by atomic mass is 10.1. The van der Waals surface area contributed by atoms with Gasteiger partial charge in [-0.1, -0.05) is 42.0 Å². The van der Waals surface area contributed by atoms with Crippen LogP contribution in [0.3, 0.4) is 0 Å². The van der Waals surface area contributed by atoms with E-state index in [1.54, 1.807) is 6.20 Å². The van der Waals surface area contributed by atoms with Crippen molar-refractivity contribution < 1.29 is 0 Å². The fourth-order valence-corrected chi connectivity index (χ4v) is 3.88. The minimum absolute atomic E-state index is 0.765. The first kappa shape index (κ1) is 19.9. The number of aliphatic imine (C=N–C) groups is 3. The molecule has 0 saturated heterocycles. The molecule has 0 radical (unpaired) electrons. The maximum absolute atomic E-state index is 4.89. The van der Waals surface area contributed by atoms with E-state index in [0.29, 0.717) is 0 Å². The van der Waals surface area contributed by atoms with E-state index in [1.807, 2.05) is 32.0 Å². The van der Waals surface area contributed by atoms with Crippen LogP contribution >= 0.6 is 0 Å². The van der Waals surface area contributed by atoms with Gasteiger partial charge in [0, 0.05) is 18.0 Å². The number of pyridine rings is 1. The molecule has 0 aliphatic carbocycles. The molecule has 4 rings (SSSR count). The monoisotopic (exact) mass is 394 g/mol. The van der Waals surface area contributed by atoms with Gasteiger partial charge in [0.2, 0.25) is 0 Å². The van der Waals surface area contributed by atoms with E-state index in [1.165, 1.54) is 16.7 Å². The zero-order valence-electron chi connectivity index (χ0n) is 18.2. The Hall–Kier alpha value is -3.40. The first-order valence-electron chi connectivity index (χ1n) is 10.2. The smallest absolute Gasteiger partial charge is 0.0958 e. The van der Waals surface area contributed by atoms with Gasteiger partial charge in [-0.05, 0) is 57.9 Å². The van der Waals surface area contributed by atoms with Crippen molar-refractivity contribution >= 4 is 39.4 Å². The van der Waals surface area contributed by atoms with Crippen LogP contribution in [0, 0.1) is 20.8 Å². The molecule has 3 aromatic rings. The van der Waals surface area contributed by atoms with Crippen LogP contribution < -0.4 is 0 Å². The molecule has 1 aromatic heterocycles. The maximum atomic E-state index is 4.89. The second kappa shape index (κ2) is 8.15. The van der Waals surface area contributed by atoms with Crippen LogP contribution in [0.1, 0.15) is 37.0 Å². The Labute approximate surface area is 177 Å². The predicted octanol–water partition coefficient (Wildman–Crippen LogP) is 6.77. The van der Waals surface area contributed by atoms with Gasteiger partial charge in [0.05, 0.1) is 39.7 Å². The lowest BCUT2D eigenvalue weighted by Gasteiger charge is -2.08. The van der Waals surface area contributed by atoms with Gasteiger partial charge in [0.1, 0.15) is 0 Å². The quantitative estimate of drug-likeness (QED) is 0.450. The maximum Gasteiger partial charge on any atom is 0.0958 e. The summed E-state index contributed by atoms with van der Waals surface area (Å²) in [6, 6.07) is 14.4. The molecule has 0 amide bonds. The molecular weight excluding hydrogens is 368 g/mol. The number of aromatic nitrogens is 1. The molecule has 0 spiro atoms. The Balaban J connectivity index is 1.62. The average Bonchev–Trinajstić information content (AvgIpc) is 3.21. The van der Waals surface area contributed by atoms with Gasteiger partial charge in [0.25, 0.3) is 0 Å². The van der Waals surface area contributed by atoms with E-state index in [-0.39, 0.29) is 0 Å². The highest BCUT2D eigenvalue weighted by molar-refractivity contribution is 6.43. The Morgan fingerprint density at radius 3 is 2.40 bits per heavy atom. The van der Waals surface area contributed by atoms with Crippen molar-refractivity contribution in [3.05, 3.63) is 77.1 Å². The van der Waals surface area contributed by atoms with E-state index < -0.39 is 0 Å². The summed E-state index contributed by atoms with van der Waals surface area (Å²) in [5, 5.41) is 1.09. The second-order valence-corrected chi connectivity index (χ2v) is 7.85. The first-order valence-corrected chi connectivity index (χ1v) is 10.2. The van der Waals surface area contributed by atoms with Gasteiger partial charge in [-0.3, -0.25) is 9.98 Å². The number of aryl methyl sites for hydroxylation is 3. The van der Waals surface area contributed by atoms with Crippen LogP contribution in [-0.4, -0.2) is 22.1 Å². The molecular formula is C26H26N4. The van der Waals surface area contributed by atoms with Gasteiger partial charge in [-0.15, -0.1) is 0 Å². The molecule has 2 heterocycles. The lowest BCUT2D eigenvalue weighted by Crippen LogP contribution is -2.07. The third kappa shape index (κ3) is 3.99. The van der Waals surface area contributed by atoms with Crippen LogP contribution in [0.15, 0.2) is 75.4 Å². The fraction of sp³-hybridized carbons (Fsp3) is 0.231. The van der Waals surface area contributed by atoms with Crippen LogP contribution in [0.2, 0.25) is 0 Å². The van der Waals surface area contributed by atoms with Crippen LogP contribution in [0.4, 0.5) is 11.4 Å². The lowest BCUT2D eigenvalue weighted by molar-refractivity contribution is 1.28. The Kier molecular flexibility index (Phi) is 5.40. The zero-order chi connectivity index (χ0) is 21.3. The summed E-state index contributed by atoms with van der Waals surface area (Å²) in [6.45, 7) is 10.4. The zero-order valence-corrected chi connectivity index (χ0v) is 18.2. The van der Waals surface area contributed by atoms with Crippen LogP contribution in [0.5, 0.6) is 0 Å². The number of benzene rings is 2. The van der Waals surface area contributed by atoms with E-state index in [2.05, 4.69) is 56.1 Å². The summed E-state index contributed by atoms with van der Waals surface area (Å²) in [6.07, 6.45) is 4.70. The number of hydrogen-bond acceptors (Lipinski definition) is 4. The third-order valence-electron chi connectivity index (χ3n) is 5.35. The molecule has 0 bridgehead atoms. The summed E-state index contributed by atoms with van der Waals surface area (Å²) in [4.78, 5) is 19.1. The molecule has 2 aromatic carbocycles.